The van der Waals surface area contributed by atoms with Gasteiger partial charge in [-0.3, -0.25) is 4.98 Å². The van der Waals surface area contributed by atoms with E-state index in [1.807, 2.05) is 18.4 Å². The van der Waals surface area contributed by atoms with E-state index in [9.17, 15) is 4.79 Å². The molecule has 0 saturated carbocycles. The number of nitrogens with zero attached hydrogens (tertiary/aromatic N) is 2. The Morgan fingerprint density at radius 2 is 2.04 bits per heavy atom. The number of carbonyl (C=O) groups excluding carboxylic acids is 1. The van der Waals surface area contributed by atoms with Gasteiger partial charge in [0.25, 0.3) is 0 Å². The van der Waals surface area contributed by atoms with Crippen LogP contribution in [0.4, 0.5) is 0 Å². The number of pyridine rings is 1. The van der Waals surface area contributed by atoms with Crippen LogP contribution < -0.4 is 4.74 Å². The summed E-state index contributed by atoms with van der Waals surface area (Å²) < 4.78 is 10.9. The summed E-state index contributed by atoms with van der Waals surface area (Å²) >= 11 is 7.30. The minimum atomic E-state index is -0.427. The van der Waals surface area contributed by atoms with Gasteiger partial charge in [-0.2, -0.15) is 0 Å². The second-order valence-corrected chi connectivity index (χ2v) is 7.09. The number of hydrogen-bond donors (Lipinski definition) is 0. The molecule has 0 atom stereocenters. The molecule has 0 aliphatic rings. The minimum Gasteiger partial charge on any atom is -0.486 e. The zero-order chi connectivity index (χ0) is 19.1. The van der Waals surface area contributed by atoms with Crippen LogP contribution in [0.2, 0.25) is 5.02 Å². The third kappa shape index (κ3) is 6.20. The highest BCUT2D eigenvalue weighted by atomic mass is 35.5. The van der Waals surface area contributed by atoms with E-state index in [4.69, 9.17) is 21.1 Å². The average Bonchev–Trinajstić information content (AvgIpc) is 3.12. The standard InChI is InChI=1S/C20H17ClN2O3S/c1-14-8-15(10-22-9-14)2-7-20(24)26-11-17-13-27-19(23-17)12-25-18-5-3-16(21)4-6-18/h2-10,13H,11-12H2,1H3/b7-2+. The minimum absolute atomic E-state index is 0.118. The van der Waals surface area contributed by atoms with E-state index in [1.54, 1.807) is 42.7 Å². The number of aromatic nitrogens is 2. The third-order valence-corrected chi connectivity index (χ3v) is 4.57. The molecule has 0 unspecified atom stereocenters. The first-order chi connectivity index (χ1) is 13.1. The van der Waals surface area contributed by atoms with Gasteiger partial charge in [-0.25, -0.2) is 9.78 Å². The van der Waals surface area contributed by atoms with Crippen LogP contribution in [0.15, 0.2) is 54.2 Å². The zero-order valence-corrected chi connectivity index (χ0v) is 16.2. The molecule has 2 heterocycles. The van der Waals surface area contributed by atoms with E-state index in [1.165, 1.54) is 17.4 Å². The summed E-state index contributed by atoms with van der Waals surface area (Å²) in [5.74, 6) is 0.293. The Bertz CT molecular complexity index is 938. The van der Waals surface area contributed by atoms with Crippen molar-refractivity contribution in [3.63, 3.8) is 0 Å². The van der Waals surface area contributed by atoms with Gasteiger partial charge in [-0.15, -0.1) is 11.3 Å². The van der Waals surface area contributed by atoms with Gasteiger partial charge in [0.15, 0.2) is 0 Å². The van der Waals surface area contributed by atoms with Crippen molar-refractivity contribution in [2.45, 2.75) is 20.1 Å². The lowest BCUT2D eigenvalue weighted by atomic mass is 10.2. The maximum absolute atomic E-state index is 11.8. The Morgan fingerprint density at radius 3 is 2.81 bits per heavy atom. The molecule has 0 bridgehead atoms. The van der Waals surface area contributed by atoms with Gasteiger partial charge in [0.2, 0.25) is 0 Å². The van der Waals surface area contributed by atoms with Crippen LogP contribution in [0.25, 0.3) is 6.08 Å². The van der Waals surface area contributed by atoms with Gasteiger partial charge in [0, 0.05) is 28.9 Å². The SMILES string of the molecule is Cc1cncc(/C=C/C(=O)OCc2csc(COc3ccc(Cl)cc3)n2)c1. The van der Waals surface area contributed by atoms with Crippen LogP contribution in [0.3, 0.4) is 0 Å². The highest BCUT2D eigenvalue weighted by Gasteiger charge is 2.06. The maximum atomic E-state index is 11.8. The number of aryl methyl sites for hydroxylation is 1. The monoisotopic (exact) mass is 400 g/mol. The Balaban J connectivity index is 1.46. The Kier molecular flexibility index (Phi) is 6.57. The molecule has 138 valence electrons. The van der Waals surface area contributed by atoms with Crippen molar-refractivity contribution in [3.8, 4) is 5.75 Å². The Morgan fingerprint density at radius 1 is 1.22 bits per heavy atom. The quantitative estimate of drug-likeness (QED) is 0.419. The van der Waals surface area contributed by atoms with E-state index in [0.29, 0.717) is 17.3 Å². The van der Waals surface area contributed by atoms with Gasteiger partial charge in [-0.1, -0.05) is 11.6 Å². The number of carbonyl (C=O) groups is 1. The fourth-order valence-electron chi connectivity index (χ4n) is 2.18. The molecular weight excluding hydrogens is 384 g/mol. The number of rotatable bonds is 7. The maximum Gasteiger partial charge on any atom is 0.331 e. The van der Waals surface area contributed by atoms with Crippen molar-refractivity contribution < 1.29 is 14.3 Å². The second-order valence-electron chi connectivity index (χ2n) is 5.71. The Labute approximate surface area is 166 Å². The van der Waals surface area contributed by atoms with E-state index in [2.05, 4.69) is 9.97 Å². The number of thiazole rings is 1. The molecule has 5 nitrogen and oxygen atoms in total. The van der Waals surface area contributed by atoms with Crippen LogP contribution in [0.5, 0.6) is 5.75 Å². The molecule has 0 amide bonds. The van der Waals surface area contributed by atoms with E-state index in [0.717, 1.165) is 21.9 Å². The fourth-order valence-corrected chi connectivity index (χ4v) is 3.00. The van der Waals surface area contributed by atoms with Crippen molar-refractivity contribution in [1.82, 2.24) is 9.97 Å². The molecule has 1 aromatic carbocycles. The molecule has 0 saturated heterocycles. The summed E-state index contributed by atoms with van der Waals surface area (Å²) in [6, 6.07) is 9.07. The first kappa shape index (κ1) is 19.1. The molecule has 0 fully saturated rings. The van der Waals surface area contributed by atoms with Crippen molar-refractivity contribution in [1.29, 1.82) is 0 Å². The second kappa shape index (κ2) is 9.30. The largest absolute Gasteiger partial charge is 0.486 e. The van der Waals surface area contributed by atoms with Gasteiger partial charge < -0.3 is 9.47 Å². The molecule has 2 aromatic heterocycles. The van der Waals surface area contributed by atoms with Crippen LogP contribution >= 0.6 is 22.9 Å². The molecule has 7 heteroatoms. The van der Waals surface area contributed by atoms with Gasteiger partial charge in [0.1, 0.15) is 24.0 Å². The van der Waals surface area contributed by atoms with Crippen LogP contribution in [-0.4, -0.2) is 15.9 Å². The molecule has 0 aliphatic heterocycles. The normalized spacial score (nSPS) is 10.9. The predicted molar refractivity (Wildman–Crippen MR) is 106 cm³/mol. The van der Waals surface area contributed by atoms with Crippen molar-refractivity contribution in [3.05, 3.63) is 81.0 Å². The number of benzene rings is 1. The highest BCUT2D eigenvalue weighted by molar-refractivity contribution is 7.09. The highest BCUT2D eigenvalue weighted by Crippen LogP contribution is 2.18. The summed E-state index contributed by atoms with van der Waals surface area (Å²) in [4.78, 5) is 20.3. The number of halogens is 1. The molecule has 27 heavy (non-hydrogen) atoms. The van der Waals surface area contributed by atoms with Crippen molar-refractivity contribution in [2.24, 2.45) is 0 Å². The molecule has 0 spiro atoms. The van der Waals surface area contributed by atoms with Crippen LogP contribution in [-0.2, 0) is 22.7 Å². The van der Waals surface area contributed by atoms with Gasteiger partial charge in [-0.05, 0) is 54.5 Å². The summed E-state index contributed by atoms with van der Waals surface area (Å²) in [5, 5.41) is 3.31. The van der Waals surface area contributed by atoms with Crippen LogP contribution in [0.1, 0.15) is 21.8 Å². The summed E-state index contributed by atoms with van der Waals surface area (Å²) in [6.07, 6.45) is 6.50. The first-order valence-corrected chi connectivity index (χ1v) is 9.42. The van der Waals surface area contributed by atoms with E-state index < -0.39 is 5.97 Å². The lowest BCUT2D eigenvalue weighted by Gasteiger charge is -2.03. The number of esters is 1. The predicted octanol–water partition coefficient (Wildman–Crippen LogP) is 4.84. The fraction of sp³-hybridized carbons (Fsp3) is 0.150. The first-order valence-electron chi connectivity index (χ1n) is 8.16. The van der Waals surface area contributed by atoms with Gasteiger partial charge in [0.05, 0.1) is 5.69 Å². The topological polar surface area (TPSA) is 61.3 Å². The lowest BCUT2D eigenvalue weighted by molar-refractivity contribution is -0.139. The lowest BCUT2D eigenvalue weighted by Crippen LogP contribution is -2.01. The van der Waals surface area contributed by atoms with E-state index in [-0.39, 0.29) is 6.61 Å². The summed E-state index contributed by atoms with van der Waals surface area (Å²) in [5.41, 5.74) is 2.57. The number of ether oxygens (including phenoxy) is 2. The Hall–Kier alpha value is -2.70. The van der Waals surface area contributed by atoms with Crippen molar-refractivity contribution >= 4 is 35.0 Å². The molecular formula is C20H17ClN2O3S. The average molecular weight is 401 g/mol. The van der Waals surface area contributed by atoms with Crippen molar-refractivity contribution in [2.75, 3.05) is 0 Å². The smallest absolute Gasteiger partial charge is 0.331 e. The van der Waals surface area contributed by atoms with E-state index >= 15 is 0 Å². The van der Waals surface area contributed by atoms with Crippen LogP contribution in [0, 0.1) is 6.92 Å². The molecule has 0 aliphatic carbocycles. The molecule has 3 aromatic rings. The zero-order valence-electron chi connectivity index (χ0n) is 14.6. The molecule has 0 radical (unpaired) electrons. The number of hydrogen-bond acceptors (Lipinski definition) is 6. The summed E-state index contributed by atoms with van der Waals surface area (Å²) in [6.45, 7) is 2.41. The molecule has 3 rings (SSSR count). The third-order valence-electron chi connectivity index (χ3n) is 3.45. The summed E-state index contributed by atoms with van der Waals surface area (Å²) in [7, 11) is 0. The molecule has 0 N–H and O–H groups in total. The van der Waals surface area contributed by atoms with Gasteiger partial charge >= 0.3 is 5.97 Å².